The van der Waals surface area contributed by atoms with E-state index >= 15 is 0 Å². The van der Waals surface area contributed by atoms with E-state index in [1.807, 2.05) is 12.1 Å². The number of nitrogens with one attached hydrogen (secondary N) is 1. The highest BCUT2D eigenvalue weighted by Crippen LogP contribution is 2.21. The van der Waals surface area contributed by atoms with Gasteiger partial charge in [-0.25, -0.2) is 0 Å². The van der Waals surface area contributed by atoms with Gasteiger partial charge in [0.15, 0.2) is 0 Å². The van der Waals surface area contributed by atoms with Gasteiger partial charge in [0.1, 0.15) is 0 Å². The maximum atomic E-state index is 5.93. The topological polar surface area (TPSA) is 12.0 Å². The second kappa shape index (κ2) is 6.92. The summed E-state index contributed by atoms with van der Waals surface area (Å²) in [7, 11) is 0. The summed E-state index contributed by atoms with van der Waals surface area (Å²) in [4.78, 5) is 0. The van der Waals surface area contributed by atoms with Crippen LogP contribution in [0, 0.1) is 0 Å². The number of rotatable bonds is 5. The van der Waals surface area contributed by atoms with Crippen LogP contribution in [-0.4, -0.2) is 0 Å². The molecular formula is C18H22ClN. The fraction of sp³-hybridized carbons (Fsp3) is 0.333. The molecule has 0 aromatic heterocycles. The normalized spacial score (nSPS) is 14.0. The Labute approximate surface area is 127 Å². The molecule has 0 bridgehead atoms. The molecule has 2 heteroatoms. The summed E-state index contributed by atoms with van der Waals surface area (Å²) in [5, 5.41) is 4.41. The average Bonchev–Trinajstić information content (AvgIpc) is 2.48. The van der Waals surface area contributed by atoms with E-state index in [1.165, 1.54) is 16.7 Å². The maximum Gasteiger partial charge on any atom is 0.0406 e. The molecule has 106 valence electrons. The average molecular weight is 288 g/mol. The number of aryl methyl sites for hydroxylation is 1. The summed E-state index contributed by atoms with van der Waals surface area (Å²) >= 11 is 5.93. The van der Waals surface area contributed by atoms with Gasteiger partial charge in [0.2, 0.25) is 0 Å². The van der Waals surface area contributed by atoms with Gasteiger partial charge in [-0.15, -0.1) is 0 Å². The van der Waals surface area contributed by atoms with Crippen molar-refractivity contribution in [2.75, 3.05) is 0 Å². The molecule has 0 saturated heterocycles. The largest absolute Gasteiger partial charge is 0.304 e. The SMILES string of the molecule is CCc1ccc(C(C)N[C@@H](C)c2ccc(Cl)cc2)cc1. The van der Waals surface area contributed by atoms with Crippen molar-refractivity contribution in [2.45, 2.75) is 39.3 Å². The summed E-state index contributed by atoms with van der Waals surface area (Å²) in [6, 6.07) is 17.5. The molecule has 1 N–H and O–H groups in total. The Bertz CT molecular complexity index is 530. The number of hydrogen-bond acceptors (Lipinski definition) is 1. The number of benzene rings is 2. The Morgan fingerprint density at radius 3 is 1.75 bits per heavy atom. The summed E-state index contributed by atoms with van der Waals surface area (Å²) in [5.74, 6) is 0. The van der Waals surface area contributed by atoms with E-state index in [4.69, 9.17) is 11.6 Å². The van der Waals surface area contributed by atoms with Crippen molar-refractivity contribution < 1.29 is 0 Å². The van der Waals surface area contributed by atoms with Crippen molar-refractivity contribution in [1.29, 1.82) is 0 Å². The molecule has 0 amide bonds. The fourth-order valence-corrected chi connectivity index (χ4v) is 2.49. The number of hydrogen-bond donors (Lipinski definition) is 1. The highest BCUT2D eigenvalue weighted by atomic mass is 35.5. The second-order valence-corrected chi connectivity index (χ2v) is 5.69. The Kier molecular flexibility index (Phi) is 5.22. The quantitative estimate of drug-likeness (QED) is 0.785. The van der Waals surface area contributed by atoms with E-state index in [0.29, 0.717) is 12.1 Å². The van der Waals surface area contributed by atoms with E-state index in [-0.39, 0.29) is 0 Å². The first kappa shape index (κ1) is 15.1. The van der Waals surface area contributed by atoms with Gasteiger partial charge in [-0.1, -0.05) is 54.9 Å². The van der Waals surface area contributed by atoms with E-state index in [0.717, 1.165) is 11.4 Å². The van der Waals surface area contributed by atoms with Crippen LogP contribution in [0.25, 0.3) is 0 Å². The van der Waals surface area contributed by atoms with E-state index in [1.54, 1.807) is 0 Å². The molecule has 2 rings (SSSR count). The predicted octanol–water partition coefficient (Wildman–Crippen LogP) is 5.31. The minimum atomic E-state index is 0.299. The Morgan fingerprint density at radius 2 is 1.30 bits per heavy atom. The van der Waals surface area contributed by atoms with Gasteiger partial charge in [0.25, 0.3) is 0 Å². The molecule has 0 aliphatic heterocycles. The number of halogens is 1. The lowest BCUT2D eigenvalue weighted by atomic mass is 10.0. The van der Waals surface area contributed by atoms with Crippen LogP contribution in [0.3, 0.4) is 0 Å². The first-order valence-corrected chi connectivity index (χ1v) is 7.58. The molecule has 0 heterocycles. The van der Waals surface area contributed by atoms with Gasteiger partial charge < -0.3 is 5.32 Å². The minimum absolute atomic E-state index is 0.299. The van der Waals surface area contributed by atoms with Crippen molar-refractivity contribution in [3.05, 3.63) is 70.2 Å². The molecule has 0 aliphatic rings. The zero-order valence-electron chi connectivity index (χ0n) is 12.4. The first-order chi connectivity index (χ1) is 9.60. The molecule has 0 radical (unpaired) electrons. The third-order valence-corrected chi connectivity index (χ3v) is 4.01. The lowest BCUT2D eigenvalue weighted by molar-refractivity contribution is 0.494. The third-order valence-electron chi connectivity index (χ3n) is 3.76. The Hall–Kier alpha value is -1.31. The van der Waals surface area contributed by atoms with Crippen LogP contribution in [0.1, 0.15) is 49.5 Å². The van der Waals surface area contributed by atoms with Crippen LogP contribution in [0.4, 0.5) is 0 Å². The highest BCUT2D eigenvalue weighted by molar-refractivity contribution is 6.30. The molecule has 2 atom stereocenters. The molecule has 0 spiro atoms. The van der Waals surface area contributed by atoms with Crippen LogP contribution in [0.5, 0.6) is 0 Å². The molecule has 20 heavy (non-hydrogen) atoms. The van der Waals surface area contributed by atoms with Crippen molar-refractivity contribution in [3.8, 4) is 0 Å². The van der Waals surface area contributed by atoms with Gasteiger partial charge in [-0.3, -0.25) is 0 Å². The summed E-state index contributed by atoms with van der Waals surface area (Å²) < 4.78 is 0. The highest BCUT2D eigenvalue weighted by Gasteiger charge is 2.11. The maximum absolute atomic E-state index is 5.93. The van der Waals surface area contributed by atoms with Gasteiger partial charge in [0, 0.05) is 17.1 Å². The van der Waals surface area contributed by atoms with Gasteiger partial charge in [0.05, 0.1) is 0 Å². The smallest absolute Gasteiger partial charge is 0.0406 e. The molecular weight excluding hydrogens is 266 g/mol. The van der Waals surface area contributed by atoms with Crippen LogP contribution < -0.4 is 5.32 Å². The predicted molar refractivity (Wildman–Crippen MR) is 87.2 cm³/mol. The van der Waals surface area contributed by atoms with Crippen molar-refractivity contribution >= 4 is 11.6 Å². The van der Waals surface area contributed by atoms with Crippen LogP contribution in [0.2, 0.25) is 5.02 Å². The van der Waals surface area contributed by atoms with Gasteiger partial charge >= 0.3 is 0 Å². The zero-order chi connectivity index (χ0) is 14.5. The van der Waals surface area contributed by atoms with Crippen LogP contribution >= 0.6 is 11.6 Å². The van der Waals surface area contributed by atoms with E-state index < -0.39 is 0 Å². The summed E-state index contributed by atoms with van der Waals surface area (Å²) in [5.41, 5.74) is 3.96. The molecule has 1 nitrogen and oxygen atoms in total. The van der Waals surface area contributed by atoms with Crippen molar-refractivity contribution in [2.24, 2.45) is 0 Å². The lowest BCUT2D eigenvalue weighted by Crippen LogP contribution is -2.22. The lowest BCUT2D eigenvalue weighted by Gasteiger charge is -2.21. The van der Waals surface area contributed by atoms with Crippen LogP contribution in [-0.2, 0) is 6.42 Å². The zero-order valence-corrected chi connectivity index (χ0v) is 13.1. The fourth-order valence-electron chi connectivity index (χ4n) is 2.36. The Morgan fingerprint density at radius 1 is 0.850 bits per heavy atom. The monoisotopic (exact) mass is 287 g/mol. The van der Waals surface area contributed by atoms with E-state index in [9.17, 15) is 0 Å². The second-order valence-electron chi connectivity index (χ2n) is 5.26. The van der Waals surface area contributed by atoms with Crippen molar-refractivity contribution in [3.63, 3.8) is 0 Å². The minimum Gasteiger partial charge on any atom is -0.304 e. The summed E-state index contributed by atoms with van der Waals surface area (Å²) in [6.07, 6.45) is 1.09. The molecule has 0 aliphatic carbocycles. The van der Waals surface area contributed by atoms with Crippen molar-refractivity contribution in [1.82, 2.24) is 5.32 Å². The molecule has 0 saturated carbocycles. The first-order valence-electron chi connectivity index (χ1n) is 7.20. The Balaban J connectivity index is 2.02. The standard InChI is InChI=1S/C18H22ClN/c1-4-15-5-7-16(8-6-15)13(2)20-14(3)17-9-11-18(19)12-10-17/h5-14,20H,4H2,1-3H3/t13?,14-/m0/s1. The molecule has 0 fully saturated rings. The third kappa shape index (κ3) is 3.84. The van der Waals surface area contributed by atoms with Gasteiger partial charge in [-0.2, -0.15) is 0 Å². The van der Waals surface area contributed by atoms with Crippen LogP contribution in [0.15, 0.2) is 48.5 Å². The molecule has 2 aromatic rings. The van der Waals surface area contributed by atoms with E-state index in [2.05, 4.69) is 62.5 Å². The molecule has 2 aromatic carbocycles. The van der Waals surface area contributed by atoms with Gasteiger partial charge in [-0.05, 0) is 49.1 Å². The molecule has 1 unspecified atom stereocenters. The summed E-state index contributed by atoms with van der Waals surface area (Å²) in [6.45, 7) is 6.56.